The monoisotopic (exact) mass is 248 g/mol. The van der Waals surface area contributed by atoms with Gasteiger partial charge in [0.25, 0.3) is 5.91 Å². The average molecular weight is 248 g/mol. The van der Waals surface area contributed by atoms with Crippen LogP contribution in [0, 0.1) is 0 Å². The minimum atomic E-state index is -0.473. The maximum atomic E-state index is 11.3. The summed E-state index contributed by atoms with van der Waals surface area (Å²) < 4.78 is 0. The Morgan fingerprint density at radius 3 is 2.41 bits per heavy atom. The third-order valence-corrected chi connectivity index (χ3v) is 3.12. The zero-order valence-electron chi connectivity index (χ0n) is 9.32. The number of rotatable bonds is 3. The highest BCUT2D eigenvalue weighted by molar-refractivity contribution is 7.99. The first kappa shape index (κ1) is 11.7. The molecule has 3 amide bonds. The summed E-state index contributed by atoms with van der Waals surface area (Å²) in [6, 6.07) is 7.36. The molecule has 5 heteroatoms. The third-order valence-electron chi connectivity index (χ3n) is 2.22. The fraction of sp³-hybridized carbons (Fsp3) is 0.167. The van der Waals surface area contributed by atoms with Gasteiger partial charge in [0.15, 0.2) is 0 Å². The zero-order valence-corrected chi connectivity index (χ0v) is 10.1. The molecule has 0 aromatic heterocycles. The van der Waals surface area contributed by atoms with Gasteiger partial charge in [0, 0.05) is 4.90 Å². The first-order chi connectivity index (χ1) is 8.19. The van der Waals surface area contributed by atoms with Crippen molar-refractivity contribution in [2.24, 2.45) is 0 Å². The summed E-state index contributed by atoms with van der Waals surface area (Å²) in [5.74, 6) is 0.640. The van der Waals surface area contributed by atoms with Crippen LogP contribution in [-0.4, -0.2) is 17.7 Å². The largest absolute Gasteiger partial charge is 0.326 e. The number of thioether (sulfide) groups is 1. The van der Waals surface area contributed by atoms with E-state index < -0.39 is 6.03 Å². The molecule has 1 heterocycles. The van der Waals surface area contributed by atoms with Crippen LogP contribution in [0.5, 0.6) is 0 Å². The molecule has 0 bridgehead atoms. The highest BCUT2D eigenvalue weighted by Gasteiger charge is 2.22. The van der Waals surface area contributed by atoms with Crippen molar-refractivity contribution in [1.82, 2.24) is 10.6 Å². The van der Waals surface area contributed by atoms with Crippen molar-refractivity contribution >= 4 is 29.8 Å². The number of hydrogen-bond acceptors (Lipinski definition) is 3. The molecule has 88 valence electrons. The average Bonchev–Trinajstić information content (AvgIpc) is 2.61. The molecule has 17 heavy (non-hydrogen) atoms. The first-order valence-electron chi connectivity index (χ1n) is 5.26. The molecule has 2 rings (SSSR count). The minimum Gasteiger partial charge on any atom is -0.303 e. The van der Waals surface area contributed by atoms with Crippen molar-refractivity contribution in [3.63, 3.8) is 0 Å². The Bertz CT molecular complexity index is 480. The van der Waals surface area contributed by atoms with Gasteiger partial charge >= 0.3 is 6.03 Å². The van der Waals surface area contributed by atoms with E-state index in [9.17, 15) is 9.59 Å². The summed E-state index contributed by atoms with van der Waals surface area (Å²) in [7, 11) is 0. The molecule has 1 fully saturated rings. The molecular weight excluding hydrogens is 236 g/mol. The molecule has 2 N–H and O–H groups in total. The van der Waals surface area contributed by atoms with Gasteiger partial charge in [-0.05, 0) is 29.5 Å². The predicted octanol–water partition coefficient (Wildman–Crippen LogP) is 1.98. The van der Waals surface area contributed by atoms with Gasteiger partial charge < -0.3 is 5.32 Å². The highest BCUT2D eigenvalue weighted by Crippen LogP contribution is 2.18. The standard InChI is InChI=1S/C12H12N2O2S/c1-2-17-9-5-3-8(4-6-9)7-10-11(15)14-12(16)13-10/h3-7H,2H2,1H3,(H2,13,14,15,16). The van der Waals surface area contributed by atoms with Crippen LogP contribution in [0.4, 0.5) is 4.79 Å². The second-order valence-corrected chi connectivity index (χ2v) is 4.81. The van der Waals surface area contributed by atoms with E-state index in [1.165, 1.54) is 4.90 Å². The van der Waals surface area contributed by atoms with E-state index in [0.29, 0.717) is 0 Å². The lowest BCUT2D eigenvalue weighted by atomic mass is 10.2. The van der Waals surface area contributed by atoms with E-state index >= 15 is 0 Å². The van der Waals surface area contributed by atoms with Crippen LogP contribution < -0.4 is 10.6 Å². The van der Waals surface area contributed by atoms with Gasteiger partial charge in [0.2, 0.25) is 0 Å². The van der Waals surface area contributed by atoms with Crippen LogP contribution in [-0.2, 0) is 4.79 Å². The molecular formula is C12H12N2O2S. The first-order valence-corrected chi connectivity index (χ1v) is 6.24. The van der Waals surface area contributed by atoms with E-state index in [0.717, 1.165) is 11.3 Å². The number of hydrogen-bond donors (Lipinski definition) is 2. The van der Waals surface area contributed by atoms with Gasteiger partial charge in [0.05, 0.1) is 0 Å². The van der Waals surface area contributed by atoms with Gasteiger partial charge in [-0.25, -0.2) is 4.79 Å². The van der Waals surface area contributed by atoms with Crippen molar-refractivity contribution in [3.05, 3.63) is 35.5 Å². The van der Waals surface area contributed by atoms with Crippen molar-refractivity contribution < 1.29 is 9.59 Å². The lowest BCUT2D eigenvalue weighted by molar-refractivity contribution is -0.115. The van der Waals surface area contributed by atoms with Gasteiger partial charge in [-0.3, -0.25) is 10.1 Å². The summed E-state index contributed by atoms with van der Waals surface area (Å²) in [5, 5.41) is 4.61. The number of carbonyl (C=O) groups is 2. The van der Waals surface area contributed by atoms with Crippen LogP contribution in [0.3, 0.4) is 0 Å². The van der Waals surface area contributed by atoms with Crippen LogP contribution in [0.25, 0.3) is 6.08 Å². The highest BCUT2D eigenvalue weighted by atomic mass is 32.2. The van der Waals surface area contributed by atoms with Gasteiger partial charge in [-0.1, -0.05) is 19.1 Å². The summed E-state index contributed by atoms with van der Waals surface area (Å²) in [4.78, 5) is 23.4. The summed E-state index contributed by atoms with van der Waals surface area (Å²) >= 11 is 1.76. The van der Waals surface area contributed by atoms with Gasteiger partial charge in [-0.15, -0.1) is 11.8 Å². The number of urea groups is 1. The normalized spacial score (nSPS) is 17.1. The van der Waals surface area contributed by atoms with Crippen molar-refractivity contribution in [2.75, 3.05) is 5.75 Å². The Morgan fingerprint density at radius 2 is 1.88 bits per heavy atom. The van der Waals surface area contributed by atoms with Crippen LogP contribution >= 0.6 is 11.8 Å². The van der Waals surface area contributed by atoms with Gasteiger partial charge in [0.1, 0.15) is 5.70 Å². The maximum Gasteiger partial charge on any atom is 0.326 e. The Hall–Kier alpha value is -1.75. The molecule has 1 aliphatic heterocycles. The molecule has 0 radical (unpaired) electrons. The van der Waals surface area contributed by atoms with Crippen LogP contribution in [0.1, 0.15) is 12.5 Å². The van der Waals surface area contributed by atoms with Crippen LogP contribution in [0.2, 0.25) is 0 Å². The number of amides is 3. The van der Waals surface area contributed by atoms with Crippen molar-refractivity contribution in [1.29, 1.82) is 0 Å². The van der Waals surface area contributed by atoms with Crippen molar-refractivity contribution in [3.8, 4) is 0 Å². The Balaban J connectivity index is 2.16. The van der Waals surface area contributed by atoms with Crippen LogP contribution in [0.15, 0.2) is 34.9 Å². The topological polar surface area (TPSA) is 58.2 Å². The fourth-order valence-electron chi connectivity index (χ4n) is 1.48. The van der Waals surface area contributed by atoms with E-state index in [-0.39, 0.29) is 11.6 Å². The maximum absolute atomic E-state index is 11.3. The summed E-state index contributed by atoms with van der Waals surface area (Å²) in [5.41, 5.74) is 1.17. The fourth-order valence-corrected chi connectivity index (χ4v) is 2.14. The Morgan fingerprint density at radius 1 is 1.18 bits per heavy atom. The second-order valence-electron chi connectivity index (χ2n) is 3.47. The molecule has 1 aromatic carbocycles. The molecule has 4 nitrogen and oxygen atoms in total. The molecule has 0 saturated carbocycles. The lowest BCUT2D eigenvalue weighted by Gasteiger charge is -1.99. The molecule has 0 aliphatic carbocycles. The quantitative estimate of drug-likeness (QED) is 0.488. The van der Waals surface area contributed by atoms with E-state index in [2.05, 4.69) is 17.6 Å². The predicted molar refractivity (Wildman–Crippen MR) is 67.5 cm³/mol. The summed E-state index contributed by atoms with van der Waals surface area (Å²) in [6.07, 6.45) is 1.65. The number of benzene rings is 1. The van der Waals surface area contributed by atoms with Gasteiger partial charge in [-0.2, -0.15) is 0 Å². The smallest absolute Gasteiger partial charge is 0.303 e. The zero-order chi connectivity index (χ0) is 12.3. The third kappa shape index (κ3) is 2.88. The molecule has 0 spiro atoms. The summed E-state index contributed by atoms with van der Waals surface area (Å²) in [6.45, 7) is 2.10. The Kier molecular flexibility index (Phi) is 3.49. The molecule has 1 aromatic rings. The SMILES string of the molecule is CCSc1ccc(C=C2NC(=O)NC2=O)cc1. The molecule has 1 saturated heterocycles. The van der Waals surface area contributed by atoms with E-state index in [1.807, 2.05) is 24.3 Å². The number of carbonyl (C=O) groups excluding carboxylic acids is 2. The molecule has 0 unspecified atom stereocenters. The lowest BCUT2D eigenvalue weighted by Crippen LogP contribution is -2.22. The second kappa shape index (κ2) is 5.05. The Labute approximate surface area is 103 Å². The number of nitrogens with one attached hydrogen (secondary N) is 2. The molecule has 0 atom stereocenters. The van der Waals surface area contributed by atoms with Crippen molar-refractivity contribution in [2.45, 2.75) is 11.8 Å². The molecule has 1 aliphatic rings. The number of imide groups is 1. The van der Waals surface area contributed by atoms with E-state index in [4.69, 9.17) is 0 Å². The van der Waals surface area contributed by atoms with E-state index in [1.54, 1.807) is 17.8 Å². The minimum absolute atomic E-state index is 0.283.